The number of benzene rings is 1. The zero-order chi connectivity index (χ0) is 43.9. The molecule has 4 rings (SSSR count). The monoisotopic (exact) mass is 828 g/mol. The van der Waals surface area contributed by atoms with Crippen LogP contribution in [0.25, 0.3) is 0 Å². The fourth-order valence-electron chi connectivity index (χ4n) is 9.55. The van der Waals surface area contributed by atoms with Crippen molar-refractivity contribution in [1.29, 1.82) is 0 Å². The van der Waals surface area contributed by atoms with Crippen LogP contribution in [0.3, 0.4) is 0 Å². The molecule has 2 aliphatic heterocycles. The molecule has 3 aliphatic rings. The minimum Gasteiger partial charge on any atom is -0.444 e. The van der Waals surface area contributed by atoms with E-state index in [0.717, 1.165) is 25.7 Å². The van der Waals surface area contributed by atoms with Crippen molar-refractivity contribution in [2.75, 3.05) is 27.8 Å². The predicted molar refractivity (Wildman–Crippen MR) is 225 cm³/mol. The molecule has 1 aromatic carbocycles. The number of carbonyl (C=O) groups is 5. The number of ether oxygens (including phenoxy) is 3. The number of amides is 5. The van der Waals surface area contributed by atoms with E-state index in [0.29, 0.717) is 24.9 Å². The van der Waals surface area contributed by atoms with E-state index in [2.05, 4.69) is 10.6 Å². The zero-order valence-electron chi connectivity index (χ0n) is 37.6. The van der Waals surface area contributed by atoms with Gasteiger partial charge in [0.05, 0.1) is 48.8 Å². The van der Waals surface area contributed by atoms with Crippen LogP contribution in [0.4, 0.5) is 4.79 Å². The summed E-state index contributed by atoms with van der Waals surface area (Å²) in [6.07, 6.45) is 1.77. The number of aliphatic hydroxyl groups is 1. The number of aliphatic hydroxyl groups excluding tert-OH is 1. The van der Waals surface area contributed by atoms with E-state index >= 15 is 0 Å². The van der Waals surface area contributed by atoms with Crippen LogP contribution in [0.1, 0.15) is 119 Å². The molecule has 14 heteroatoms. The minimum absolute atomic E-state index is 0.00830. The molecule has 2 saturated heterocycles. The Labute approximate surface area is 352 Å². The van der Waals surface area contributed by atoms with Crippen molar-refractivity contribution in [2.24, 2.45) is 23.7 Å². The van der Waals surface area contributed by atoms with Gasteiger partial charge >= 0.3 is 6.09 Å². The van der Waals surface area contributed by atoms with Crippen LogP contribution >= 0.6 is 0 Å². The maximum Gasteiger partial charge on any atom is 0.411 e. The summed E-state index contributed by atoms with van der Waals surface area (Å²) in [7, 11) is 4.80. The van der Waals surface area contributed by atoms with E-state index in [1.54, 1.807) is 70.6 Å². The summed E-state index contributed by atoms with van der Waals surface area (Å²) in [5, 5.41) is 16.9. The number of carbonyl (C=O) groups excluding carboxylic acids is 5. The average molecular weight is 828 g/mol. The van der Waals surface area contributed by atoms with Crippen LogP contribution in [0.15, 0.2) is 30.3 Å². The molecule has 1 aromatic rings. The largest absolute Gasteiger partial charge is 0.444 e. The number of likely N-dealkylation sites (tertiary alicyclic amines) is 2. The van der Waals surface area contributed by atoms with Crippen LogP contribution in [0, 0.1) is 23.7 Å². The van der Waals surface area contributed by atoms with Crippen molar-refractivity contribution in [3.05, 3.63) is 35.9 Å². The van der Waals surface area contributed by atoms with Crippen molar-refractivity contribution in [1.82, 2.24) is 25.3 Å². The number of fused-ring (bicyclic) bond motifs is 2. The van der Waals surface area contributed by atoms with Gasteiger partial charge in [0.1, 0.15) is 17.7 Å². The number of likely N-dealkylation sites (N-methyl/N-ethyl adjacent to an activating group) is 1. The lowest BCUT2D eigenvalue weighted by Gasteiger charge is -2.41. The Morgan fingerprint density at radius 1 is 0.949 bits per heavy atom. The van der Waals surface area contributed by atoms with Gasteiger partial charge in [-0.1, -0.05) is 71.4 Å². The lowest BCUT2D eigenvalue weighted by molar-refractivity contribution is -0.148. The Bertz CT molecular complexity index is 1590. The van der Waals surface area contributed by atoms with E-state index in [9.17, 15) is 29.1 Å². The summed E-state index contributed by atoms with van der Waals surface area (Å²) < 4.78 is 17.7. The molecule has 14 nitrogen and oxygen atoms in total. The highest BCUT2D eigenvalue weighted by atomic mass is 16.6. The Kier molecular flexibility index (Phi) is 16.8. The molecule has 12 atom stereocenters. The number of nitrogens with zero attached hydrogens (tertiary/aromatic N) is 3. The number of nitrogens with one attached hydrogen (secondary N) is 2. The molecular weight excluding hydrogens is 755 g/mol. The fourth-order valence-corrected chi connectivity index (χ4v) is 9.55. The van der Waals surface area contributed by atoms with Crippen LogP contribution in [-0.2, 0) is 33.4 Å². The van der Waals surface area contributed by atoms with Crippen LogP contribution in [0.5, 0.6) is 0 Å². The first-order chi connectivity index (χ1) is 27.8. The van der Waals surface area contributed by atoms with Crippen molar-refractivity contribution < 1.29 is 43.3 Å². The lowest BCUT2D eigenvalue weighted by atomic mass is 9.89. The minimum atomic E-state index is -0.892. The summed E-state index contributed by atoms with van der Waals surface area (Å²) in [6.45, 7) is 17.2. The fraction of sp³-hybridized carbons (Fsp3) is 0.756. The third-order valence-electron chi connectivity index (χ3n) is 12.9. The van der Waals surface area contributed by atoms with E-state index < -0.39 is 60.1 Å². The molecule has 1 aliphatic carbocycles. The molecule has 332 valence electrons. The van der Waals surface area contributed by atoms with Crippen molar-refractivity contribution in [2.45, 2.75) is 167 Å². The molecule has 5 amide bonds. The van der Waals surface area contributed by atoms with E-state index in [-0.39, 0.29) is 59.9 Å². The third kappa shape index (κ3) is 11.3. The second-order valence-electron chi connectivity index (χ2n) is 18.5. The number of methoxy groups -OCH3 is 2. The van der Waals surface area contributed by atoms with Gasteiger partial charge in [0.15, 0.2) is 0 Å². The van der Waals surface area contributed by atoms with Gasteiger partial charge in [-0.25, -0.2) is 4.79 Å². The summed E-state index contributed by atoms with van der Waals surface area (Å²) in [5.74, 6) is -2.09. The van der Waals surface area contributed by atoms with Gasteiger partial charge in [0, 0.05) is 33.9 Å². The van der Waals surface area contributed by atoms with Crippen molar-refractivity contribution in [3.8, 4) is 0 Å². The lowest BCUT2D eigenvalue weighted by Crippen LogP contribution is -2.61. The zero-order valence-corrected chi connectivity index (χ0v) is 37.6. The molecular formula is C45H73N5O9. The predicted octanol–water partition coefficient (Wildman–Crippen LogP) is 5.07. The second kappa shape index (κ2) is 20.7. The van der Waals surface area contributed by atoms with Crippen molar-refractivity contribution >= 4 is 29.7 Å². The molecule has 2 heterocycles. The van der Waals surface area contributed by atoms with Crippen LogP contribution in [0.2, 0.25) is 0 Å². The SMILES string of the molecule is CC[C@H](C)[C@@H]([C@@H](CC(=O)N1CCC[C@H]1[C@H](OC)[C@@H](C)C(=O)N[C@H](C)[C@@H](O)c1ccccc1)OC)N(C)C(=O)[C@@H](NC(=O)[C@@H]1[C@H]2CC[C@H](C2)N1C(=O)OC(C)(C)C)C(C)C. The Balaban J connectivity index is 1.47. The Morgan fingerprint density at radius 3 is 2.19 bits per heavy atom. The smallest absolute Gasteiger partial charge is 0.411 e. The average Bonchev–Trinajstić information content (AvgIpc) is 3.96. The molecule has 0 radical (unpaired) electrons. The van der Waals surface area contributed by atoms with Crippen LogP contribution in [-0.4, -0.2) is 131 Å². The quantitative estimate of drug-likeness (QED) is 0.183. The molecule has 3 fully saturated rings. The molecule has 0 aromatic heterocycles. The van der Waals surface area contributed by atoms with Gasteiger partial charge in [-0.3, -0.25) is 24.1 Å². The standard InChI is InChI=1S/C45H73N5O9/c1-13-27(4)37(48(10)43(55)36(26(2)3)47-42(54)38-31-21-22-32(24-31)50(38)44(56)59-45(7,8)9)34(57-11)25-35(51)49-23-17-20-33(49)40(58-12)28(5)41(53)46-29(6)39(52)30-18-15-14-16-19-30/h14-16,18-19,26-29,31-34,36-40,52H,13,17,20-25H2,1-12H3,(H,46,53)(H,47,54)/t27-,28+,29+,31-,32+,33-,34+,36-,37-,38-,39+,40+/m0/s1. The molecule has 0 spiro atoms. The van der Waals surface area contributed by atoms with E-state index in [4.69, 9.17) is 14.2 Å². The number of rotatable bonds is 18. The maximum absolute atomic E-state index is 14.5. The molecule has 59 heavy (non-hydrogen) atoms. The Hall–Kier alpha value is -3.75. The van der Waals surface area contributed by atoms with Crippen molar-refractivity contribution in [3.63, 3.8) is 0 Å². The summed E-state index contributed by atoms with van der Waals surface area (Å²) in [5.41, 5.74) is -0.0156. The van der Waals surface area contributed by atoms with Gasteiger partial charge in [0.2, 0.25) is 23.6 Å². The summed E-state index contributed by atoms with van der Waals surface area (Å²) in [4.78, 5) is 74.8. The first kappa shape index (κ1) is 47.9. The topological polar surface area (TPSA) is 167 Å². The van der Waals surface area contributed by atoms with Gasteiger partial charge in [0.25, 0.3) is 0 Å². The third-order valence-corrected chi connectivity index (χ3v) is 12.9. The highest BCUT2D eigenvalue weighted by molar-refractivity contribution is 5.92. The molecule has 2 bridgehead atoms. The summed E-state index contributed by atoms with van der Waals surface area (Å²) >= 11 is 0. The number of hydrogen-bond donors (Lipinski definition) is 3. The molecule has 0 unspecified atom stereocenters. The highest BCUT2D eigenvalue weighted by Crippen LogP contribution is 2.43. The first-order valence-corrected chi connectivity index (χ1v) is 21.7. The van der Waals surface area contributed by atoms with Gasteiger partial charge < -0.3 is 39.8 Å². The number of hydrogen-bond acceptors (Lipinski definition) is 9. The maximum atomic E-state index is 14.5. The Morgan fingerprint density at radius 2 is 1.61 bits per heavy atom. The summed E-state index contributed by atoms with van der Waals surface area (Å²) in [6, 6.07) is 6.04. The van der Waals surface area contributed by atoms with E-state index in [1.165, 1.54) is 0 Å². The van der Waals surface area contributed by atoms with E-state index in [1.807, 2.05) is 58.0 Å². The molecule has 1 saturated carbocycles. The number of piperidine rings is 1. The first-order valence-electron chi connectivity index (χ1n) is 21.7. The molecule has 3 N–H and O–H groups in total. The second-order valence-corrected chi connectivity index (χ2v) is 18.5. The van der Waals surface area contributed by atoms with Gasteiger partial charge in [-0.15, -0.1) is 0 Å². The van der Waals surface area contributed by atoms with Gasteiger partial charge in [-0.2, -0.15) is 0 Å². The highest BCUT2D eigenvalue weighted by Gasteiger charge is 2.53. The normalized spacial score (nSPS) is 24.4. The van der Waals surface area contributed by atoms with Crippen LogP contribution < -0.4 is 10.6 Å². The van der Waals surface area contributed by atoms with Gasteiger partial charge in [-0.05, 0) is 83.1 Å².